The van der Waals surface area contributed by atoms with Crippen LogP contribution in [0.25, 0.3) is 0 Å². The first kappa shape index (κ1) is 10.9. The Kier molecular flexibility index (Phi) is 3.28. The van der Waals surface area contributed by atoms with Gasteiger partial charge in [0.2, 0.25) is 0 Å². The van der Waals surface area contributed by atoms with Crippen molar-refractivity contribution < 1.29 is 4.57 Å². The van der Waals surface area contributed by atoms with Crippen molar-refractivity contribution in [2.75, 3.05) is 19.8 Å². The van der Waals surface area contributed by atoms with Gasteiger partial charge in [0.15, 0.2) is 7.29 Å². The van der Waals surface area contributed by atoms with Crippen molar-refractivity contribution in [1.29, 1.82) is 0 Å². The van der Waals surface area contributed by atoms with Gasteiger partial charge in [-0.15, -0.1) is 0 Å². The van der Waals surface area contributed by atoms with Gasteiger partial charge in [-0.25, -0.2) is 4.67 Å². The highest BCUT2D eigenvalue weighted by Gasteiger charge is 2.27. The maximum absolute atomic E-state index is 12.7. The van der Waals surface area contributed by atoms with Crippen LogP contribution in [0.2, 0.25) is 0 Å². The molecule has 0 bridgehead atoms. The zero-order valence-electron chi connectivity index (χ0n) is 9.22. The molecular weight excluding hydrogens is 205 g/mol. The summed E-state index contributed by atoms with van der Waals surface area (Å²) in [7, 11) is -2.29. The second-order valence-corrected chi connectivity index (χ2v) is 7.07. The van der Waals surface area contributed by atoms with Crippen LogP contribution < -0.4 is 5.30 Å². The molecule has 0 aliphatic carbocycles. The Morgan fingerprint density at radius 3 is 2.27 bits per heavy atom. The predicted octanol–water partition coefficient (Wildman–Crippen LogP) is 2.71. The van der Waals surface area contributed by atoms with Crippen LogP contribution in [0.3, 0.4) is 0 Å². The van der Waals surface area contributed by atoms with Gasteiger partial charge < -0.3 is 4.57 Å². The van der Waals surface area contributed by atoms with Gasteiger partial charge in [0.25, 0.3) is 0 Å². The summed E-state index contributed by atoms with van der Waals surface area (Å²) in [4.78, 5) is 0. The fourth-order valence-corrected chi connectivity index (χ4v) is 4.22. The molecule has 1 heterocycles. The van der Waals surface area contributed by atoms with E-state index in [1.165, 1.54) is 19.3 Å². The van der Waals surface area contributed by atoms with Gasteiger partial charge in [-0.2, -0.15) is 0 Å². The molecule has 1 aliphatic rings. The SMILES string of the molecule is CP(=O)(c1ccccc1)N1CCCCC1. The first-order valence-electron chi connectivity index (χ1n) is 5.60. The van der Waals surface area contributed by atoms with Crippen LogP contribution in [0.4, 0.5) is 0 Å². The van der Waals surface area contributed by atoms with Gasteiger partial charge in [0, 0.05) is 25.1 Å². The summed E-state index contributed by atoms with van der Waals surface area (Å²) in [6.07, 6.45) is 3.65. The van der Waals surface area contributed by atoms with Gasteiger partial charge >= 0.3 is 0 Å². The lowest BCUT2D eigenvalue weighted by atomic mass is 10.2. The van der Waals surface area contributed by atoms with E-state index < -0.39 is 7.29 Å². The zero-order chi connectivity index (χ0) is 10.7. The third-order valence-electron chi connectivity index (χ3n) is 3.11. The highest BCUT2D eigenvalue weighted by atomic mass is 31.2. The third kappa shape index (κ3) is 2.32. The molecule has 1 fully saturated rings. The van der Waals surface area contributed by atoms with Crippen molar-refractivity contribution in [1.82, 2.24) is 4.67 Å². The van der Waals surface area contributed by atoms with E-state index in [1.54, 1.807) is 0 Å². The van der Waals surface area contributed by atoms with Crippen LogP contribution in [0.15, 0.2) is 30.3 Å². The highest BCUT2D eigenvalue weighted by Crippen LogP contribution is 2.45. The van der Waals surface area contributed by atoms with E-state index >= 15 is 0 Å². The van der Waals surface area contributed by atoms with Gasteiger partial charge in [-0.1, -0.05) is 36.8 Å². The molecule has 1 unspecified atom stereocenters. The average Bonchev–Trinajstić information content (AvgIpc) is 2.31. The summed E-state index contributed by atoms with van der Waals surface area (Å²) >= 11 is 0. The summed E-state index contributed by atoms with van der Waals surface area (Å²) in [6.45, 7) is 3.87. The van der Waals surface area contributed by atoms with Crippen molar-refractivity contribution in [2.45, 2.75) is 19.3 Å². The minimum atomic E-state index is -2.29. The van der Waals surface area contributed by atoms with E-state index in [2.05, 4.69) is 4.67 Å². The molecule has 1 aliphatic heterocycles. The van der Waals surface area contributed by atoms with E-state index in [4.69, 9.17) is 0 Å². The highest BCUT2D eigenvalue weighted by molar-refractivity contribution is 7.68. The second kappa shape index (κ2) is 4.51. The molecule has 1 aromatic rings. The molecule has 2 nitrogen and oxygen atoms in total. The van der Waals surface area contributed by atoms with E-state index in [1.807, 2.05) is 37.0 Å². The van der Waals surface area contributed by atoms with Crippen molar-refractivity contribution in [3.05, 3.63) is 30.3 Å². The summed E-state index contributed by atoms with van der Waals surface area (Å²) in [6, 6.07) is 9.87. The zero-order valence-corrected chi connectivity index (χ0v) is 10.1. The van der Waals surface area contributed by atoms with Crippen molar-refractivity contribution >= 4 is 12.6 Å². The van der Waals surface area contributed by atoms with Gasteiger partial charge in [0.1, 0.15) is 0 Å². The maximum Gasteiger partial charge on any atom is 0.175 e. The van der Waals surface area contributed by atoms with E-state index in [0.29, 0.717) is 0 Å². The normalized spacial score (nSPS) is 22.2. The van der Waals surface area contributed by atoms with Crippen molar-refractivity contribution in [2.24, 2.45) is 0 Å². The van der Waals surface area contributed by atoms with Gasteiger partial charge in [-0.05, 0) is 12.8 Å². The van der Waals surface area contributed by atoms with Crippen LogP contribution >= 0.6 is 7.29 Å². The fourth-order valence-electron chi connectivity index (χ4n) is 2.13. The van der Waals surface area contributed by atoms with Crippen molar-refractivity contribution in [3.63, 3.8) is 0 Å². The average molecular weight is 223 g/mol. The van der Waals surface area contributed by atoms with Gasteiger partial charge in [-0.3, -0.25) is 0 Å². The minimum Gasteiger partial charge on any atom is -0.302 e. The number of hydrogen-bond acceptors (Lipinski definition) is 1. The Labute approximate surface area is 91.7 Å². The lowest BCUT2D eigenvalue weighted by molar-refractivity contribution is 0.351. The van der Waals surface area contributed by atoms with Crippen LogP contribution in [0.1, 0.15) is 19.3 Å². The number of nitrogens with zero attached hydrogens (tertiary/aromatic N) is 1. The lowest BCUT2D eigenvalue weighted by Gasteiger charge is -2.32. The first-order valence-corrected chi connectivity index (χ1v) is 7.70. The number of hydrogen-bond donors (Lipinski definition) is 0. The topological polar surface area (TPSA) is 20.3 Å². The molecule has 0 N–H and O–H groups in total. The summed E-state index contributed by atoms with van der Waals surface area (Å²) in [5.41, 5.74) is 0. The molecular formula is C12H18NOP. The molecule has 3 heteroatoms. The van der Waals surface area contributed by atoms with Crippen molar-refractivity contribution in [3.8, 4) is 0 Å². The Hall–Kier alpha value is -0.590. The summed E-state index contributed by atoms with van der Waals surface area (Å²) in [5.74, 6) is 0. The smallest absolute Gasteiger partial charge is 0.175 e. The predicted molar refractivity (Wildman–Crippen MR) is 65.0 cm³/mol. The minimum absolute atomic E-state index is 0.989. The van der Waals surface area contributed by atoms with Crippen LogP contribution in [0.5, 0.6) is 0 Å². The van der Waals surface area contributed by atoms with E-state index in [9.17, 15) is 4.57 Å². The standard InChI is InChI=1S/C12H18NOP/c1-15(14,12-8-4-2-5-9-12)13-10-6-3-7-11-13/h2,4-5,8-9H,3,6-7,10-11H2,1H3. The first-order chi connectivity index (χ1) is 7.21. The Morgan fingerprint density at radius 1 is 1.07 bits per heavy atom. The van der Waals surface area contributed by atoms with E-state index in [-0.39, 0.29) is 0 Å². The third-order valence-corrected chi connectivity index (χ3v) is 5.84. The Balaban J connectivity index is 2.22. The summed E-state index contributed by atoms with van der Waals surface area (Å²) < 4.78 is 14.9. The quantitative estimate of drug-likeness (QED) is 0.718. The fraction of sp³-hybridized carbons (Fsp3) is 0.500. The van der Waals surface area contributed by atoms with Crippen LogP contribution in [0, 0.1) is 0 Å². The molecule has 0 saturated carbocycles. The molecule has 0 spiro atoms. The molecule has 0 radical (unpaired) electrons. The lowest BCUT2D eigenvalue weighted by Crippen LogP contribution is -2.30. The van der Waals surface area contributed by atoms with Crippen LogP contribution in [-0.4, -0.2) is 24.4 Å². The largest absolute Gasteiger partial charge is 0.302 e. The molecule has 2 rings (SSSR count). The molecule has 15 heavy (non-hydrogen) atoms. The van der Waals surface area contributed by atoms with E-state index in [0.717, 1.165) is 18.4 Å². The number of piperidine rings is 1. The molecule has 1 saturated heterocycles. The summed E-state index contributed by atoms with van der Waals surface area (Å²) in [5, 5.41) is 0.993. The van der Waals surface area contributed by atoms with Crippen LogP contribution in [-0.2, 0) is 4.57 Å². The number of benzene rings is 1. The Morgan fingerprint density at radius 2 is 1.67 bits per heavy atom. The molecule has 0 amide bonds. The molecule has 0 aromatic heterocycles. The molecule has 1 atom stereocenters. The Bertz CT molecular complexity index is 357. The molecule has 1 aromatic carbocycles. The monoisotopic (exact) mass is 223 g/mol. The number of rotatable bonds is 2. The maximum atomic E-state index is 12.7. The second-order valence-electron chi connectivity index (χ2n) is 4.23. The molecule has 82 valence electrons. The van der Waals surface area contributed by atoms with Gasteiger partial charge in [0.05, 0.1) is 0 Å².